The number of piperidine rings is 1. The molecule has 0 spiro atoms. The molecule has 7 heteroatoms. The maximum Gasteiger partial charge on any atom is 0.276 e. The van der Waals surface area contributed by atoms with Gasteiger partial charge in [0.1, 0.15) is 11.5 Å². The van der Waals surface area contributed by atoms with Crippen molar-refractivity contribution in [2.75, 3.05) is 26.3 Å². The predicted octanol–water partition coefficient (Wildman–Crippen LogP) is 2.08. The standard InChI is InChI=1S/C18H21N3O4/c1-13-9-15(20-25-13)17(22)21-7-4-16-18(11-21,5-8-23-16)12-24-14-3-2-6-19-10-14/h2-3,6,9-10,16H,4-5,7-8,11-12H2,1H3/t16-,18+/m1/s1. The molecule has 2 aromatic rings. The van der Waals surface area contributed by atoms with Gasteiger partial charge in [-0.3, -0.25) is 9.78 Å². The molecule has 0 saturated carbocycles. The van der Waals surface area contributed by atoms with Gasteiger partial charge in [0.05, 0.1) is 24.3 Å². The van der Waals surface area contributed by atoms with Gasteiger partial charge < -0.3 is 18.9 Å². The normalized spacial score (nSPS) is 25.6. The fourth-order valence-electron chi connectivity index (χ4n) is 3.72. The number of likely N-dealkylation sites (tertiary alicyclic amines) is 1. The van der Waals surface area contributed by atoms with Gasteiger partial charge in [-0.15, -0.1) is 0 Å². The Balaban J connectivity index is 1.49. The monoisotopic (exact) mass is 343 g/mol. The highest BCUT2D eigenvalue weighted by atomic mass is 16.5. The van der Waals surface area contributed by atoms with Gasteiger partial charge in [0.25, 0.3) is 5.91 Å². The first-order chi connectivity index (χ1) is 12.2. The van der Waals surface area contributed by atoms with Crippen LogP contribution in [0.4, 0.5) is 0 Å². The summed E-state index contributed by atoms with van der Waals surface area (Å²) in [5, 5.41) is 3.86. The van der Waals surface area contributed by atoms with Gasteiger partial charge in [0.15, 0.2) is 5.69 Å². The molecule has 0 unspecified atom stereocenters. The van der Waals surface area contributed by atoms with Gasteiger partial charge >= 0.3 is 0 Å². The lowest BCUT2D eigenvalue weighted by atomic mass is 9.77. The van der Waals surface area contributed by atoms with Gasteiger partial charge in [-0.05, 0) is 31.9 Å². The van der Waals surface area contributed by atoms with E-state index in [0.717, 1.165) is 18.6 Å². The van der Waals surface area contributed by atoms with Gasteiger partial charge in [0, 0.05) is 32.0 Å². The van der Waals surface area contributed by atoms with Crippen LogP contribution in [0.5, 0.6) is 5.75 Å². The summed E-state index contributed by atoms with van der Waals surface area (Å²) in [6.07, 6.45) is 5.21. The fourth-order valence-corrected chi connectivity index (χ4v) is 3.72. The Morgan fingerprint density at radius 3 is 3.20 bits per heavy atom. The largest absolute Gasteiger partial charge is 0.491 e. The molecule has 1 amide bonds. The number of hydrogen-bond acceptors (Lipinski definition) is 6. The minimum atomic E-state index is -0.192. The minimum absolute atomic E-state index is 0.0945. The third-order valence-electron chi connectivity index (χ3n) is 5.06. The zero-order valence-corrected chi connectivity index (χ0v) is 14.2. The number of hydrogen-bond donors (Lipinski definition) is 0. The van der Waals surface area contributed by atoms with Gasteiger partial charge in [-0.2, -0.15) is 0 Å². The van der Waals surface area contributed by atoms with Gasteiger partial charge in [-0.25, -0.2) is 0 Å². The van der Waals surface area contributed by atoms with Crippen LogP contribution in [0.15, 0.2) is 35.1 Å². The summed E-state index contributed by atoms with van der Waals surface area (Å²) in [5.74, 6) is 1.28. The van der Waals surface area contributed by atoms with E-state index in [2.05, 4.69) is 10.1 Å². The van der Waals surface area contributed by atoms with Crippen molar-refractivity contribution >= 4 is 5.91 Å². The second-order valence-corrected chi connectivity index (χ2v) is 6.79. The van der Waals surface area contributed by atoms with E-state index in [1.807, 2.05) is 17.0 Å². The van der Waals surface area contributed by atoms with Crippen LogP contribution in [0.2, 0.25) is 0 Å². The van der Waals surface area contributed by atoms with Crippen molar-refractivity contribution in [3.05, 3.63) is 42.0 Å². The quantitative estimate of drug-likeness (QED) is 0.846. The number of carbonyl (C=O) groups excluding carboxylic acids is 1. The molecule has 0 aromatic carbocycles. The molecule has 25 heavy (non-hydrogen) atoms. The van der Waals surface area contributed by atoms with Crippen molar-refractivity contribution in [2.45, 2.75) is 25.9 Å². The summed E-state index contributed by atoms with van der Waals surface area (Å²) in [6.45, 7) is 4.24. The number of pyridine rings is 1. The highest BCUT2D eigenvalue weighted by Crippen LogP contribution is 2.41. The van der Waals surface area contributed by atoms with E-state index in [-0.39, 0.29) is 17.4 Å². The van der Waals surface area contributed by atoms with Gasteiger partial charge in [0.2, 0.25) is 0 Å². The lowest BCUT2D eigenvalue weighted by molar-refractivity contribution is -0.0328. The van der Waals surface area contributed by atoms with Crippen LogP contribution in [0, 0.1) is 12.3 Å². The van der Waals surface area contributed by atoms with Crippen LogP contribution < -0.4 is 4.74 Å². The molecular weight excluding hydrogens is 322 g/mol. The Hall–Kier alpha value is -2.41. The first-order valence-corrected chi connectivity index (χ1v) is 8.53. The number of nitrogens with zero attached hydrogens (tertiary/aromatic N) is 3. The van der Waals surface area contributed by atoms with E-state index in [4.69, 9.17) is 14.0 Å². The second kappa shape index (κ2) is 6.48. The first kappa shape index (κ1) is 16.1. The van der Waals surface area contributed by atoms with E-state index in [1.54, 1.807) is 25.4 Å². The summed E-state index contributed by atoms with van der Waals surface area (Å²) in [6, 6.07) is 5.41. The van der Waals surface area contributed by atoms with Crippen LogP contribution in [-0.4, -0.2) is 53.4 Å². The summed E-state index contributed by atoms with van der Waals surface area (Å²) in [7, 11) is 0. The number of aromatic nitrogens is 2. The Morgan fingerprint density at radius 1 is 1.52 bits per heavy atom. The topological polar surface area (TPSA) is 77.7 Å². The van der Waals surface area contributed by atoms with Gasteiger partial charge in [-0.1, -0.05) is 5.16 Å². The lowest BCUT2D eigenvalue weighted by Gasteiger charge is -2.43. The number of ether oxygens (including phenoxy) is 2. The molecule has 2 fully saturated rings. The van der Waals surface area contributed by atoms with E-state index in [0.29, 0.717) is 37.8 Å². The molecule has 2 saturated heterocycles. The van der Waals surface area contributed by atoms with Crippen molar-refractivity contribution in [2.24, 2.45) is 5.41 Å². The highest BCUT2D eigenvalue weighted by Gasteiger charge is 2.49. The maximum atomic E-state index is 12.7. The SMILES string of the molecule is Cc1cc(C(=O)N2CC[C@H]3OCC[C@@]3(COc3cccnc3)C2)no1. The summed E-state index contributed by atoms with van der Waals surface area (Å²) in [4.78, 5) is 18.6. The molecule has 2 aliphatic heterocycles. The summed E-state index contributed by atoms with van der Waals surface area (Å²) >= 11 is 0. The molecule has 0 N–H and O–H groups in total. The number of rotatable bonds is 4. The molecule has 2 aromatic heterocycles. The van der Waals surface area contributed by atoms with Crippen LogP contribution in [0.3, 0.4) is 0 Å². The molecule has 0 radical (unpaired) electrons. The average molecular weight is 343 g/mol. The molecule has 2 atom stereocenters. The zero-order valence-electron chi connectivity index (χ0n) is 14.2. The Kier molecular flexibility index (Phi) is 4.17. The molecular formula is C18H21N3O4. The molecule has 0 aliphatic carbocycles. The number of fused-ring (bicyclic) bond motifs is 1. The summed E-state index contributed by atoms with van der Waals surface area (Å²) < 4.78 is 16.9. The molecule has 4 heterocycles. The van der Waals surface area contributed by atoms with Crippen LogP contribution in [0.25, 0.3) is 0 Å². The number of aryl methyl sites for hydroxylation is 1. The molecule has 4 rings (SSSR count). The maximum absolute atomic E-state index is 12.7. The van der Waals surface area contributed by atoms with Crippen molar-refractivity contribution < 1.29 is 18.8 Å². The molecule has 0 bridgehead atoms. The van der Waals surface area contributed by atoms with E-state index in [1.165, 1.54) is 0 Å². The number of amides is 1. The third-order valence-corrected chi connectivity index (χ3v) is 5.06. The van der Waals surface area contributed by atoms with E-state index >= 15 is 0 Å². The second-order valence-electron chi connectivity index (χ2n) is 6.79. The van der Waals surface area contributed by atoms with Crippen LogP contribution in [0.1, 0.15) is 29.1 Å². The van der Waals surface area contributed by atoms with E-state index in [9.17, 15) is 4.79 Å². The third kappa shape index (κ3) is 3.11. The zero-order chi connectivity index (χ0) is 17.3. The number of carbonyl (C=O) groups is 1. The Labute approximate surface area is 145 Å². The lowest BCUT2D eigenvalue weighted by Crippen LogP contribution is -2.54. The smallest absolute Gasteiger partial charge is 0.276 e. The van der Waals surface area contributed by atoms with Crippen LogP contribution in [-0.2, 0) is 4.74 Å². The van der Waals surface area contributed by atoms with Crippen molar-refractivity contribution in [1.82, 2.24) is 15.0 Å². The van der Waals surface area contributed by atoms with Crippen molar-refractivity contribution in [3.8, 4) is 5.75 Å². The minimum Gasteiger partial charge on any atom is -0.491 e. The fraction of sp³-hybridized carbons (Fsp3) is 0.500. The summed E-state index contributed by atoms with van der Waals surface area (Å²) in [5.41, 5.74) is 0.168. The van der Waals surface area contributed by atoms with E-state index < -0.39 is 0 Å². The average Bonchev–Trinajstić information content (AvgIpc) is 3.26. The van der Waals surface area contributed by atoms with Crippen molar-refractivity contribution in [3.63, 3.8) is 0 Å². The molecule has 132 valence electrons. The van der Waals surface area contributed by atoms with Crippen molar-refractivity contribution in [1.29, 1.82) is 0 Å². The highest BCUT2D eigenvalue weighted by molar-refractivity contribution is 5.92. The molecule has 2 aliphatic rings. The predicted molar refractivity (Wildman–Crippen MR) is 88.3 cm³/mol. The molecule has 7 nitrogen and oxygen atoms in total. The first-order valence-electron chi connectivity index (χ1n) is 8.53. The Morgan fingerprint density at radius 2 is 2.44 bits per heavy atom. The Bertz CT molecular complexity index is 748. The van der Waals surface area contributed by atoms with Crippen LogP contribution >= 0.6 is 0 Å².